The van der Waals surface area contributed by atoms with E-state index in [-0.39, 0.29) is 5.91 Å². The van der Waals surface area contributed by atoms with Crippen molar-refractivity contribution in [1.82, 2.24) is 19.3 Å². The third kappa shape index (κ3) is 3.75. The van der Waals surface area contributed by atoms with Crippen molar-refractivity contribution in [3.05, 3.63) is 82.9 Å². The molecule has 2 aromatic carbocycles. The minimum Gasteiger partial charge on any atom is -0.328 e. The molecule has 0 saturated carbocycles. The lowest BCUT2D eigenvalue weighted by Crippen LogP contribution is -2.13. The zero-order valence-corrected chi connectivity index (χ0v) is 17.9. The third-order valence-electron chi connectivity index (χ3n) is 5.71. The summed E-state index contributed by atoms with van der Waals surface area (Å²) in [5.41, 5.74) is 5.17. The largest absolute Gasteiger partial charge is 0.328 e. The van der Waals surface area contributed by atoms with E-state index in [2.05, 4.69) is 20.0 Å². The zero-order chi connectivity index (χ0) is 21.4. The molecule has 1 N–H and O–H groups in total. The van der Waals surface area contributed by atoms with Crippen LogP contribution in [-0.4, -0.2) is 25.2 Å². The Labute approximate surface area is 185 Å². The number of nitrogens with zero attached hydrogens (tertiary/aromatic N) is 4. The van der Waals surface area contributed by atoms with Crippen LogP contribution in [0.25, 0.3) is 17.1 Å². The standard InChI is InChI=1S/C24H22ClN5O/c1-16-22(15-27-30(16)20-7-4-5-18(25)13-20)24(31)28-19-10-8-17(9-11-19)23-26-14-21-6-2-3-12-29(21)23/h4-5,7-11,13-15H,2-3,6,12H2,1H3,(H,28,31). The van der Waals surface area contributed by atoms with Crippen molar-refractivity contribution in [2.24, 2.45) is 0 Å². The maximum Gasteiger partial charge on any atom is 0.259 e. The molecule has 2 aromatic heterocycles. The van der Waals surface area contributed by atoms with Crippen LogP contribution in [0.3, 0.4) is 0 Å². The first-order chi connectivity index (χ1) is 15.1. The lowest BCUT2D eigenvalue weighted by molar-refractivity contribution is 0.102. The Bertz CT molecular complexity index is 1260. The normalized spacial score (nSPS) is 13.1. The highest BCUT2D eigenvalue weighted by molar-refractivity contribution is 6.30. The molecule has 1 aliphatic heterocycles. The van der Waals surface area contributed by atoms with Gasteiger partial charge in [-0.15, -0.1) is 0 Å². The van der Waals surface area contributed by atoms with Crippen molar-refractivity contribution in [3.63, 3.8) is 0 Å². The number of benzene rings is 2. The lowest BCUT2D eigenvalue weighted by atomic mass is 10.1. The van der Waals surface area contributed by atoms with Crippen molar-refractivity contribution in [3.8, 4) is 17.1 Å². The molecular weight excluding hydrogens is 410 g/mol. The van der Waals surface area contributed by atoms with E-state index in [4.69, 9.17) is 11.6 Å². The van der Waals surface area contributed by atoms with Crippen molar-refractivity contribution in [1.29, 1.82) is 0 Å². The molecule has 0 radical (unpaired) electrons. The lowest BCUT2D eigenvalue weighted by Gasteiger charge is -2.16. The van der Waals surface area contributed by atoms with Gasteiger partial charge in [-0.1, -0.05) is 17.7 Å². The molecule has 4 aromatic rings. The molecular formula is C24H22ClN5O. The topological polar surface area (TPSA) is 64.7 Å². The number of amides is 1. The van der Waals surface area contributed by atoms with Crippen LogP contribution < -0.4 is 5.32 Å². The molecule has 0 bridgehead atoms. The number of aromatic nitrogens is 4. The number of carbonyl (C=O) groups excluding carboxylic acids is 1. The second-order valence-electron chi connectivity index (χ2n) is 7.75. The average molecular weight is 432 g/mol. The number of aryl methyl sites for hydroxylation is 1. The average Bonchev–Trinajstić information content (AvgIpc) is 3.38. The summed E-state index contributed by atoms with van der Waals surface area (Å²) in [6.45, 7) is 2.88. The maximum atomic E-state index is 12.8. The van der Waals surface area contributed by atoms with Crippen molar-refractivity contribution in [2.75, 3.05) is 5.32 Å². The van der Waals surface area contributed by atoms with E-state index in [0.717, 1.165) is 41.4 Å². The van der Waals surface area contributed by atoms with Gasteiger partial charge in [0.25, 0.3) is 5.91 Å². The number of hydrogen-bond acceptors (Lipinski definition) is 3. The highest BCUT2D eigenvalue weighted by Gasteiger charge is 2.17. The van der Waals surface area contributed by atoms with Crippen LogP contribution in [0, 0.1) is 6.92 Å². The monoisotopic (exact) mass is 431 g/mol. The van der Waals surface area contributed by atoms with Crippen LogP contribution >= 0.6 is 11.6 Å². The van der Waals surface area contributed by atoms with Crippen LogP contribution in [0.5, 0.6) is 0 Å². The van der Waals surface area contributed by atoms with Gasteiger partial charge in [0, 0.05) is 34.7 Å². The van der Waals surface area contributed by atoms with Crippen LogP contribution in [0.2, 0.25) is 5.02 Å². The van der Waals surface area contributed by atoms with Crippen LogP contribution in [0.1, 0.15) is 34.6 Å². The molecule has 0 unspecified atom stereocenters. The molecule has 3 heterocycles. The molecule has 0 aliphatic carbocycles. The number of anilines is 1. The Kier molecular flexibility index (Phi) is 5.08. The van der Waals surface area contributed by atoms with E-state index in [1.165, 1.54) is 18.5 Å². The fourth-order valence-electron chi connectivity index (χ4n) is 4.07. The van der Waals surface area contributed by atoms with E-state index >= 15 is 0 Å². The predicted octanol–water partition coefficient (Wildman–Crippen LogP) is 5.29. The third-order valence-corrected chi connectivity index (χ3v) is 5.95. The first-order valence-electron chi connectivity index (χ1n) is 10.4. The summed E-state index contributed by atoms with van der Waals surface area (Å²) in [6, 6.07) is 15.2. The fraction of sp³-hybridized carbons (Fsp3) is 0.208. The van der Waals surface area contributed by atoms with Gasteiger partial charge < -0.3 is 9.88 Å². The molecule has 5 rings (SSSR count). The molecule has 0 atom stereocenters. The van der Waals surface area contributed by atoms with E-state index in [9.17, 15) is 4.79 Å². The number of nitrogens with one attached hydrogen (secondary N) is 1. The van der Waals surface area contributed by atoms with Crippen molar-refractivity contribution in [2.45, 2.75) is 32.7 Å². The quantitative estimate of drug-likeness (QED) is 0.477. The zero-order valence-electron chi connectivity index (χ0n) is 17.2. The van der Waals surface area contributed by atoms with E-state index in [1.54, 1.807) is 16.9 Å². The first-order valence-corrected chi connectivity index (χ1v) is 10.7. The Morgan fingerprint density at radius 1 is 1.10 bits per heavy atom. The summed E-state index contributed by atoms with van der Waals surface area (Å²) in [5, 5.41) is 7.95. The number of halogens is 1. The molecule has 6 nitrogen and oxygen atoms in total. The van der Waals surface area contributed by atoms with Crippen LogP contribution in [-0.2, 0) is 13.0 Å². The summed E-state index contributed by atoms with van der Waals surface area (Å²) < 4.78 is 4.01. The molecule has 7 heteroatoms. The Balaban J connectivity index is 1.34. The summed E-state index contributed by atoms with van der Waals surface area (Å²) in [4.78, 5) is 17.5. The van der Waals surface area contributed by atoms with Gasteiger partial charge in [0.2, 0.25) is 0 Å². The second-order valence-corrected chi connectivity index (χ2v) is 8.19. The minimum absolute atomic E-state index is 0.197. The SMILES string of the molecule is Cc1c(C(=O)Nc2ccc(-c3ncc4n3CCCC4)cc2)cnn1-c1cccc(Cl)c1. The van der Waals surface area contributed by atoms with Gasteiger partial charge in [0.05, 0.1) is 23.1 Å². The van der Waals surface area contributed by atoms with Gasteiger partial charge in [0.15, 0.2) is 0 Å². The fourth-order valence-corrected chi connectivity index (χ4v) is 4.25. The van der Waals surface area contributed by atoms with Crippen molar-refractivity contribution < 1.29 is 4.79 Å². The summed E-state index contributed by atoms with van der Waals surface area (Å²) >= 11 is 6.09. The van der Waals surface area contributed by atoms with Crippen molar-refractivity contribution >= 4 is 23.2 Å². The summed E-state index contributed by atoms with van der Waals surface area (Å²) in [6.07, 6.45) is 7.06. The summed E-state index contributed by atoms with van der Waals surface area (Å²) in [5.74, 6) is 0.794. The predicted molar refractivity (Wildman–Crippen MR) is 122 cm³/mol. The van der Waals surface area contributed by atoms with Crippen LogP contribution in [0.15, 0.2) is 60.9 Å². The number of carbonyl (C=O) groups is 1. The number of imidazole rings is 1. The Morgan fingerprint density at radius 2 is 1.94 bits per heavy atom. The van der Waals surface area contributed by atoms with Gasteiger partial charge in [0.1, 0.15) is 5.82 Å². The maximum absolute atomic E-state index is 12.8. The summed E-state index contributed by atoms with van der Waals surface area (Å²) in [7, 11) is 0. The minimum atomic E-state index is -0.197. The number of fused-ring (bicyclic) bond motifs is 1. The van der Waals surface area contributed by atoms with Crippen LogP contribution in [0.4, 0.5) is 5.69 Å². The smallest absolute Gasteiger partial charge is 0.259 e. The van der Waals surface area contributed by atoms with E-state index < -0.39 is 0 Å². The van der Waals surface area contributed by atoms with E-state index in [0.29, 0.717) is 10.6 Å². The highest BCUT2D eigenvalue weighted by Crippen LogP contribution is 2.26. The molecule has 0 spiro atoms. The molecule has 1 aliphatic rings. The first kappa shape index (κ1) is 19.6. The van der Waals surface area contributed by atoms with Gasteiger partial charge in [-0.05, 0) is 68.7 Å². The Hall–Kier alpha value is -3.38. The number of rotatable bonds is 4. The molecule has 0 fully saturated rings. The van der Waals surface area contributed by atoms with E-state index in [1.807, 2.05) is 55.6 Å². The molecule has 31 heavy (non-hydrogen) atoms. The molecule has 1 amide bonds. The molecule has 0 saturated heterocycles. The van der Waals surface area contributed by atoms with Gasteiger partial charge in [-0.25, -0.2) is 9.67 Å². The van der Waals surface area contributed by atoms with Gasteiger partial charge >= 0.3 is 0 Å². The number of hydrogen-bond donors (Lipinski definition) is 1. The molecule has 156 valence electrons. The highest BCUT2D eigenvalue weighted by atomic mass is 35.5. The van der Waals surface area contributed by atoms with Gasteiger partial charge in [-0.2, -0.15) is 5.10 Å². The Morgan fingerprint density at radius 3 is 2.74 bits per heavy atom. The van der Waals surface area contributed by atoms with Gasteiger partial charge in [-0.3, -0.25) is 4.79 Å². The second kappa shape index (κ2) is 8.04.